The lowest BCUT2D eigenvalue weighted by Crippen LogP contribution is -1.98. The molecule has 4 nitrogen and oxygen atoms in total. The van der Waals surface area contributed by atoms with Gasteiger partial charge in [0.2, 0.25) is 0 Å². The van der Waals surface area contributed by atoms with E-state index >= 15 is 0 Å². The van der Waals surface area contributed by atoms with E-state index in [-0.39, 0.29) is 5.57 Å². The van der Waals surface area contributed by atoms with Crippen molar-refractivity contribution in [1.82, 2.24) is 0 Å². The summed E-state index contributed by atoms with van der Waals surface area (Å²) in [6, 6.07) is 8.97. The van der Waals surface area contributed by atoms with Crippen molar-refractivity contribution in [1.29, 1.82) is 0 Å². The molecule has 2 rings (SSSR count). The number of carbonyl (C=O) groups is 1. The van der Waals surface area contributed by atoms with Gasteiger partial charge in [-0.15, -0.1) is 11.3 Å². The Labute approximate surface area is 127 Å². The molecule has 0 saturated heterocycles. The van der Waals surface area contributed by atoms with Crippen molar-refractivity contribution in [2.45, 2.75) is 6.92 Å². The number of methoxy groups -OCH3 is 1. The van der Waals surface area contributed by atoms with Gasteiger partial charge in [-0.3, -0.25) is 0 Å². The average molecular weight is 304 g/mol. The highest BCUT2D eigenvalue weighted by molar-refractivity contribution is 7.11. The first-order valence-corrected chi connectivity index (χ1v) is 7.33. The van der Waals surface area contributed by atoms with Gasteiger partial charge in [0.1, 0.15) is 0 Å². The SMILES string of the molecule is CCOc1ccc(/C=C(\C(=O)O)c2cccs2)cc1OC. The van der Waals surface area contributed by atoms with Gasteiger partial charge in [-0.25, -0.2) is 4.79 Å². The van der Waals surface area contributed by atoms with Crippen LogP contribution in [0.5, 0.6) is 11.5 Å². The zero-order valence-electron chi connectivity index (χ0n) is 11.8. The lowest BCUT2D eigenvalue weighted by atomic mass is 10.1. The van der Waals surface area contributed by atoms with Crippen molar-refractivity contribution in [2.24, 2.45) is 0 Å². The predicted molar refractivity (Wildman–Crippen MR) is 84.0 cm³/mol. The minimum Gasteiger partial charge on any atom is -0.493 e. The van der Waals surface area contributed by atoms with Crippen molar-refractivity contribution in [3.8, 4) is 11.5 Å². The van der Waals surface area contributed by atoms with Crippen molar-refractivity contribution in [3.63, 3.8) is 0 Å². The number of benzene rings is 1. The highest BCUT2D eigenvalue weighted by atomic mass is 32.1. The number of carboxylic acid groups (broad SMARTS) is 1. The summed E-state index contributed by atoms with van der Waals surface area (Å²) in [5.74, 6) is 0.275. The normalized spacial score (nSPS) is 11.2. The van der Waals surface area contributed by atoms with Gasteiger partial charge >= 0.3 is 5.97 Å². The second-order valence-electron chi connectivity index (χ2n) is 4.18. The summed E-state index contributed by atoms with van der Waals surface area (Å²) in [7, 11) is 1.56. The summed E-state index contributed by atoms with van der Waals surface area (Å²) >= 11 is 1.39. The van der Waals surface area contributed by atoms with Crippen LogP contribution in [0, 0.1) is 0 Å². The largest absolute Gasteiger partial charge is 0.493 e. The third kappa shape index (κ3) is 3.64. The topological polar surface area (TPSA) is 55.8 Å². The van der Waals surface area contributed by atoms with E-state index in [9.17, 15) is 9.90 Å². The molecule has 0 atom stereocenters. The van der Waals surface area contributed by atoms with Crippen LogP contribution in [-0.2, 0) is 4.79 Å². The molecule has 0 aliphatic heterocycles. The van der Waals surface area contributed by atoms with E-state index in [2.05, 4.69) is 0 Å². The molecular formula is C16H16O4S. The van der Waals surface area contributed by atoms with Crippen LogP contribution >= 0.6 is 11.3 Å². The van der Waals surface area contributed by atoms with Crippen molar-refractivity contribution >= 4 is 29.0 Å². The van der Waals surface area contributed by atoms with Crippen LogP contribution in [0.25, 0.3) is 11.6 Å². The summed E-state index contributed by atoms with van der Waals surface area (Å²) in [5.41, 5.74) is 1.01. The summed E-state index contributed by atoms with van der Waals surface area (Å²) in [4.78, 5) is 12.1. The lowest BCUT2D eigenvalue weighted by molar-refractivity contribution is -0.130. The van der Waals surface area contributed by atoms with E-state index in [1.165, 1.54) is 11.3 Å². The molecule has 1 aromatic heterocycles. The van der Waals surface area contributed by atoms with Crippen LogP contribution in [-0.4, -0.2) is 24.8 Å². The molecule has 0 saturated carbocycles. The van der Waals surface area contributed by atoms with Gasteiger partial charge < -0.3 is 14.6 Å². The molecule has 0 aliphatic rings. The zero-order valence-corrected chi connectivity index (χ0v) is 12.6. The van der Waals surface area contributed by atoms with Crippen LogP contribution in [0.3, 0.4) is 0 Å². The Morgan fingerprint density at radius 3 is 2.71 bits per heavy atom. The van der Waals surface area contributed by atoms with Gasteiger partial charge in [0.05, 0.1) is 19.3 Å². The molecule has 0 radical (unpaired) electrons. The Morgan fingerprint density at radius 1 is 1.33 bits per heavy atom. The second-order valence-corrected chi connectivity index (χ2v) is 5.13. The number of hydrogen-bond donors (Lipinski definition) is 1. The number of thiophene rings is 1. The fraction of sp³-hybridized carbons (Fsp3) is 0.188. The Hall–Kier alpha value is -2.27. The summed E-state index contributed by atoms with van der Waals surface area (Å²) in [5, 5.41) is 11.2. The summed E-state index contributed by atoms with van der Waals surface area (Å²) < 4.78 is 10.7. The maximum Gasteiger partial charge on any atom is 0.337 e. The van der Waals surface area contributed by atoms with Crippen molar-refractivity contribution in [3.05, 3.63) is 46.2 Å². The molecule has 0 fully saturated rings. The number of hydrogen-bond acceptors (Lipinski definition) is 4. The number of carboxylic acids is 1. The molecule has 0 amide bonds. The Balaban J connectivity index is 2.40. The van der Waals surface area contributed by atoms with Crippen molar-refractivity contribution in [2.75, 3.05) is 13.7 Å². The maximum absolute atomic E-state index is 11.4. The lowest BCUT2D eigenvalue weighted by Gasteiger charge is -2.10. The van der Waals surface area contributed by atoms with Crippen LogP contribution < -0.4 is 9.47 Å². The first-order chi connectivity index (χ1) is 10.2. The third-order valence-electron chi connectivity index (χ3n) is 2.82. The second kappa shape index (κ2) is 6.95. The van der Waals surface area contributed by atoms with Gasteiger partial charge in [-0.05, 0) is 42.1 Å². The molecule has 1 aromatic carbocycles. The Morgan fingerprint density at radius 2 is 2.14 bits per heavy atom. The smallest absolute Gasteiger partial charge is 0.337 e. The molecule has 21 heavy (non-hydrogen) atoms. The molecule has 2 aromatic rings. The van der Waals surface area contributed by atoms with Gasteiger partial charge in [0.25, 0.3) is 0 Å². The Kier molecular flexibility index (Phi) is 5.00. The third-order valence-corrected chi connectivity index (χ3v) is 3.72. The van der Waals surface area contributed by atoms with E-state index in [1.54, 1.807) is 31.4 Å². The highest BCUT2D eigenvalue weighted by Gasteiger charge is 2.12. The molecule has 0 spiro atoms. The van der Waals surface area contributed by atoms with E-state index in [4.69, 9.17) is 9.47 Å². The monoisotopic (exact) mass is 304 g/mol. The molecular weight excluding hydrogens is 288 g/mol. The molecule has 1 N–H and O–H groups in total. The standard InChI is InChI=1S/C16H16O4S/c1-3-20-13-7-6-11(10-14(13)19-2)9-12(16(17)18)15-5-4-8-21-15/h4-10H,3H2,1-2H3,(H,17,18)/b12-9-. The number of aliphatic carboxylic acids is 1. The summed E-state index contributed by atoms with van der Waals surface area (Å²) in [6.45, 7) is 2.44. The molecule has 5 heteroatoms. The van der Waals surface area contributed by atoms with Crippen molar-refractivity contribution < 1.29 is 19.4 Å². The fourth-order valence-corrected chi connectivity index (χ4v) is 2.62. The molecule has 1 heterocycles. The van der Waals surface area contributed by atoms with Crippen LogP contribution in [0.4, 0.5) is 0 Å². The van der Waals surface area contributed by atoms with Crippen LogP contribution in [0.2, 0.25) is 0 Å². The fourth-order valence-electron chi connectivity index (χ4n) is 1.89. The first-order valence-electron chi connectivity index (χ1n) is 6.45. The van der Waals surface area contributed by atoms with E-state index < -0.39 is 5.97 Å². The van der Waals surface area contributed by atoms with E-state index in [0.29, 0.717) is 18.1 Å². The van der Waals surface area contributed by atoms with E-state index in [1.807, 2.05) is 24.4 Å². The number of rotatable bonds is 6. The average Bonchev–Trinajstić information content (AvgIpc) is 2.99. The quantitative estimate of drug-likeness (QED) is 0.825. The molecule has 0 unspecified atom stereocenters. The minimum atomic E-state index is -0.953. The maximum atomic E-state index is 11.4. The Bertz CT molecular complexity index is 644. The first kappa shape index (κ1) is 15.1. The van der Waals surface area contributed by atoms with Gasteiger partial charge in [0, 0.05) is 4.88 Å². The van der Waals surface area contributed by atoms with Gasteiger partial charge in [0.15, 0.2) is 11.5 Å². The van der Waals surface area contributed by atoms with Crippen LogP contribution in [0.15, 0.2) is 35.7 Å². The van der Waals surface area contributed by atoms with Gasteiger partial charge in [-0.2, -0.15) is 0 Å². The zero-order chi connectivity index (χ0) is 15.2. The molecule has 0 bridgehead atoms. The van der Waals surface area contributed by atoms with E-state index in [0.717, 1.165) is 10.4 Å². The molecule has 0 aliphatic carbocycles. The number of ether oxygens (including phenoxy) is 2. The predicted octanol–water partition coefficient (Wildman–Crippen LogP) is 3.78. The van der Waals surface area contributed by atoms with Gasteiger partial charge in [-0.1, -0.05) is 12.1 Å². The summed E-state index contributed by atoms with van der Waals surface area (Å²) in [6.07, 6.45) is 1.63. The minimum absolute atomic E-state index is 0.260. The highest BCUT2D eigenvalue weighted by Crippen LogP contribution is 2.30. The molecule has 110 valence electrons. The van der Waals surface area contributed by atoms with Crippen LogP contribution in [0.1, 0.15) is 17.4 Å².